The standard InChI is InChI=1S/C19H18ClFN4O/c1-12-23-18(22-11-13-3-6-15(26-2)7-4-13)10-19(24-12)25-14-5-8-17(21)16(20)9-14/h3-10H,11H2,1-2H3,(H2,22,23,24,25). The van der Waals surface area contributed by atoms with Gasteiger partial charge in [0, 0.05) is 18.3 Å². The highest BCUT2D eigenvalue weighted by Crippen LogP contribution is 2.23. The maximum Gasteiger partial charge on any atom is 0.141 e. The van der Waals surface area contributed by atoms with Crippen LogP contribution in [-0.2, 0) is 6.54 Å². The number of nitrogens with zero attached hydrogens (tertiary/aromatic N) is 2. The van der Waals surface area contributed by atoms with Crippen LogP contribution in [0, 0.1) is 12.7 Å². The molecule has 1 heterocycles. The van der Waals surface area contributed by atoms with Crippen molar-refractivity contribution in [3.8, 4) is 5.75 Å². The van der Waals surface area contributed by atoms with Crippen LogP contribution in [0.1, 0.15) is 11.4 Å². The van der Waals surface area contributed by atoms with Gasteiger partial charge in [-0.1, -0.05) is 23.7 Å². The predicted molar refractivity (Wildman–Crippen MR) is 102 cm³/mol. The molecule has 0 aliphatic rings. The first-order valence-electron chi connectivity index (χ1n) is 7.98. The number of anilines is 3. The monoisotopic (exact) mass is 372 g/mol. The van der Waals surface area contributed by atoms with Gasteiger partial charge in [0.15, 0.2) is 0 Å². The first-order chi connectivity index (χ1) is 12.5. The van der Waals surface area contributed by atoms with E-state index in [1.54, 1.807) is 26.2 Å². The molecule has 3 rings (SSSR count). The van der Waals surface area contributed by atoms with Crippen LogP contribution in [-0.4, -0.2) is 17.1 Å². The SMILES string of the molecule is COc1ccc(CNc2cc(Nc3ccc(F)c(Cl)c3)nc(C)n2)cc1. The molecular weight excluding hydrogens is 355 g/mol. The van der Waals surface area contributed by atoms with Gasteiger partial charge in [0.25, 0.3) is 0 Å². The fourth-order valence-corrected chi connectivity index (χ4v) is 2.56. The second-order valence-corrected chi connectivity index (χ2v) is 6.05. The summed E-state index contributed by atoms with van der Waals surface area (Å²) in [5, 5.41) is 6.43. The summed E-state index contributed by atoms with van der Waals surface area (Å²) in [6, 6.07) is 14.0. The van der Waals surface area contributed by atoms with Crippen LogP contribution < -0.4 is 15.4 Å². The number of hydrogen-bond donors (Lipinski definition) is 2. The molecule has 0 radical (unpaired) electrons. The lowest BCUT2D eigenvalue weighted by Gasteiger charge is -2.11. The molecule has 0 aliphatic heterocycles. The quantitative estimate of drug-likeness (QED) is 0.641. The fourth-order valence-electron chi connectivity index (χ4n) is 2.38. The average molecular weight is 373 g/mol. The molecule has 26 heavy (non-hydrogen) atoms. The lowest BCUT2D eigenvalue weighted by molar-refractivity contribution is 0.414. The van der Waals surface area contributed by atoms with E-state index in [0.29, 0.717) is 29.7 Å². The van der Waals surface area contributed by atoms with E-state index < -0.39 is 5.82 Å². The summed E-state index contributed by atoms with van der Waals surface area (Å²) < 4.78 is 18.4. The molecule has 0 atom stereocenters. The summed E-state index contributed by atoms with van der Waals surface area (Å²) >= 11 is 5.81. The van der Waals surface area contributed by atoms with Gasteiger partial charge >= 0.3 is 0 Å². The minimum atomic E-state index is -0.460. The molecule has 2 N–H and O–H groups in total. The molecular formula is C19H18ClFN4O. The summed E-state index contributed by atoms with van der Waals surface area (Å²) in [6.07, 6.45) is 0. The number of nitrogens with one attached hydrogen (secondary N) is 2. The Morgan fingerprint density at radius 2 is 1.77 bits per heavy atom. The Labute approximate surface area is 156 Å². The molecule has 7 heteroatoms. The van der Waals surface area contributed by atoms with Crippen molar-refractivity contribution in [3.05, 3.63) is 70.8 Å². The van der Waals surface area contributed by atoms with Crippen molar-refractivity contribution in [3.63, 3.8) is 0 Å². The number of benzene rings is 2. The van der Waals surface area contributed by atoms with E-state index in [2.05, 4.69) is 20.6 Å². The van der Waals surface area contributed by atoms with Gasteiger partial charge in [-0.2, -0.15) is 0 Å². The number of methoxy groups -OCH3 is 1. The fraction of sp³-hybridized carbons (Fsp3) is 0.158. The molecule has 3 aromatic rings. The summed E-state index contributed by atoms with van der Waals surface area (Å²) in [7, 11) is 1.64. The molecule has 1 aromatic heterocycles. The summed E-state index contributed by atoms with van der Waals surface area (Å²) in [5.41, 5.74) is 1.75. The summed E-state index contributed by atoms with van der Waals surface area (Å²) in [6.45, 7) is 2.42. The summed E-state index contributed by atoms with van der Waals surface area (Å²) in [4.78, 5) is 8.73. The Morgan fingerprint density at radius 3 is 2.46 bits per heavy atom. The van der Waals surface area contributed by atoms with Gasteiger partial charge in [0.1, 0.15) is 29.0 Å². The maximum atomic E-state index is 13.3. The van der Waals surface area contributed by atoms with E-state index >= 15 is 0 Å². The first-order valence-corrected chi connectivity index (χ1v) is 8.36. The number of halogens is 2. The van der Waals surface area contributed by atoms with E-state index in [4.69, 9.17) is 16.3 Å². The van der Waals surface area contributed by atoms with E-state index in [1.807, 2.05) is 24.3 Å². The van der Waals surface area contributed by atoms with E-state index in [9.17, 15) is 4.39 Å². The molecule has 134 valence electrons. The molecule has 0 fully saturated rings. The van der Waals surface area contributed by atoms with Crippen molar-refractivity contribution in [1.29, 1.82) is 0 Å². The highest BCUT2D eigenvalue weighted by molar-refractivity contribution is 6.31. The zero-order valence-corrected chi connectivity index (χ0v) is 15.1. The molecule has 5 nitrogen and oxygen atoms in total. The normalized spacial score (nSPS) is 10.5. The third-order valence-electron chi connectivity index (χ3n) is 3.66. The molecule has 0 bridgehead atoms. The smallest absolute Gasteiger partial charge is 0.141 e. The molecule has 0 unspecified atom stereocenters. The van der Waals surface area contributed by atoms with Crippen LogP contribution in [0.5, 0.6) is 5.75 Å². The predicted octanol–water partition coefficient (Wildman–Crippen LogP) is 4.94. The Kier molecular flexibility index (Phi) is 5.53. The Hall–Kier alpha value is -2.86. The topological polar surface area (TPSA) is 59.1 Å². The molecule has 0 spiro atoms. The van der Waals surface area contributed by atoms with Gasteiger partial charge < -0.3 is 15.4 Å². The number of ether oxygens (including phenoxy) is 1. The van der Waals surface area contributed by atoms with Crippen molar-refractivity contribution in [2.24, 2.45) is 0 Å². The second-order valence-electron chi connectivity index (χ2n) is 5.64. The van der Waals surface area contributed by atoms with Crippen LogP contribution >= 0.6 is 11.6 Å². The van der Waals surface area contributed by atoms with Crippen LogP contribution in [0.2, 0.25) is 5.02 Å². The molecule has 0 amide bonds. The molecule has 0 saturated carbocycles. The Balaban J connectivity index is 1.71. The lowest BCUT2D eigenvalue weighted by atomic mass is 10.2. The summed E-state index contributed by atoms with van der Waals surface area (Å²) in [5.74, 6) is 2.25. The molecule has 0 saturated heterocycles. The van der Waals surface area contributed by atoms with Crippen molar-refractivity contribution < 1.29 is 9.13 Å². The lowest BCUT2D eigenvalue weighted by Crippen LogP contribution is -2.05. The zero-order chi connectivity index (χ0) is 18.5. The van der Waals surface area contributed by atoms with Crippen molar-refractivity contribution >= 4 is 28.9 Å². The van der Waals surface area contributed by atoms with Gasteiger partial charge in [-0.3, -0.25) is 0 Å². The maximum absolute atomic E-state index is 13.3. The molecule has 0 aliphatic carbocycles. The van der Waals surface area contributed by atoms with Crippen LogP contribution in [0.4, 0.5) is 21.7 Å². The number of rotatable bonds is 6. The molecule has 2 aromatic carbocycles. The Morgan fingerprint density at radius 1 is 1.04 bits per heavy atom. The van der Waals surface area contributed by atoms with Crippen molar-refractivity contribution in [1.82, 2.24) is 9.97 Å². The van der Waals surface area contributed by atoms with Gasteiger partial charge in [-0.15, -0.1) is 0 Å². The van der Waals surface area contributed by atoms with Crippen LogP contribution in [0.3, 0.4) is 0 Å². The second kappa shape index (κ2) is 8.01. The number of aryl methyl sites for hydroxylation is 1. The van der Waals surface area contributed by atoms with Gasteiger partial charge in [-0.05, 0) is 42.8 Å². The third-order valence-corrected chi connectivity index (χ3v) is 3.95. The van der Waals surface area contributed by atoms with Crippen LogP contribution in [0.25, 0.3) is 0 Å². The van der Waals surface area contributed by atoms with Crippen molar-refractivity contribution in [2.45, 2.75) is 13.5 Å². The highest BCUT2D eigenvalue weighted by Gasteiger charge is 2.05. The average Bonchev–Trinajstić information content (AvgIpc) is 2.63. The minimum absolute atomic E-state index is 0.0543. The number of hydrogen-bond acceptors (Lipinski definition) is 5. The number of aromatic nitrogens is 2. The zero-order valence-electron chi connectivity index (χ0n) is 14.4. The highest BCUT2D eigenvalue weighted by atomic mass is 35.5. The van der Waals surface area contributed by atoms with Gasteiger partial charge in [-0.25, -0.2) is 14.4 Å². The van der Waals surface area contributed by atoms with E-state index in [0.717, 1.165) is 11.3 Å². The van der Waals surface area contributed by atoms with E-state index in [1.165, 1.54) is 12.1 Å². The largest absolute Gasteiger partial charge is 0.497 e. The minimum Gasteiger partial charge on any atom is -0.497 e. The van der Waals surface area contributed by atoms with Crippen molar-refractivity contribution in [2.75, 3.05) is 17.7 Å². The Bertz CT molecular complexity index is 903. The third kappa shape index (κ3) is 4.61. The van der Waals surface area contributed by atoms with Gasteiger partial charge in [0.2, 0.25) is 0 Å². The first kappa shape index (κ1) is 17.9. The van der Waals surface area contributed by atoms with E-state index in [-0.39, 0.29) is 5.02 Å². The van der Waals surface area contributed by atoms with Crippen LogP contribution in [0.15, 0.2) is 48.5 Å². The van der Waals surface area contributed by atoms with Gasteiger partial charge in [0.05, 0.1) is 12.1 Å².